The molecule has 1 N–H and O–H groups in total. The normalized spacial score (nSPS) is 16.5. The average molecular weight is 348 g/mol. The molecule has 0 bridgehead atoms. The van der Waals surface area contributed by atoms with Crippen molar-refractivity contribution in [2.24, 2.45) is 0 Å². The number of hydrogen-bond donors (Lipinski definition) is 1. The van der Waals surface area contributed by atoms with Crippen molar-refractivity contribution in [3.8, 4) is 11.3 Å². The highest BCUT2D eigenvalue weighted by atomic mass is 16.5. The van der Waals surface area contributed by atoms with Gasteiger partial charge >= 0.3 is 0 Å². The maximum Gasteiger partial charge on any atom is 0.135 e. The van der Waals surface area contributed by atoms with E-state index in [-0.39, 0.29) is 6.10 Å². The van der Waals surface area contributed by atoms with Gasteiger partial charge in [-0.1, -0.05) is 35.9 Å². The van der Waals surface area contributed by atoms with Crippen LogP contribution in [0.2, 0.25) is 0 Å². The predicted octanol–water partition coefficient (Wildman–Crippen LogP) is 3.25. The smallest absolute Gasteiger partial charge is 0.135 e. The molecule has 1 aromatic carbocycles. The number of fused-ring (bicyclic) bond motifs is 1. The molecule has 0 aliphatic carbocycles. The summed E-state index contributed by atoms with van der Waals surface area (Å²) in [5, 5.41) is 3.47. The minimum atomic E-state index is 0.145. The molecule has 1 atom stereocenters. The van der Waals surface area contributed by atoms with E-state index in [1.54, 1.807) is 0 Å². The van der Waals surface area contributed by atoms with Crippen molar-refractivity contribution in [3.05, 3.63) is 71.4 Å². The zero-order valence-electron chi connectivity index (χ0n) is 15.3. The first-order valence-electron chi connectivity index (χ1n) is 9.05. The van der Waals surface area contributed by atoms with Crippen molar-refractivity contribution in [3.63, 3.8) is 0 Å². The largest absolute Gasteiger partial charge is 0.367 e. The number of benzene rings is 1. The minimum absolute atomic E-state index is 0.145. The van der Waals surface area contributed by atoms with Gasteiger partial charge in [0.15, 0.2) is 0 Å². The third-order valence-electron chi connectivity index (χ3n) is 4.84. The number of pyridine rings is 1. The molecular formula is C21H24N4O. The van der Waals surface area contributed by atoms with Gasteiger partial charge in [-0.15, -0.1) is 0 Å². The molecule has 3 aromatic rings. The van der Waals surface area contributed by atoms with Crippen LogP contribution in [0.15, 0.2) is 48.8 Å². The highest BCUT2D eigenvalue weighted by molar-refractivity contribution is 5.59. The molecule has 0 amide bonds. The predicted molar refractivity (Wildman–Crippen MR) is 102 cm³/mol. The van der Waals surface area contributed by atoms with Crippen LogP contribution in [-0.2, 0) is 24.4 Å². The minimum Gasteiger partial charge on any atom is -0.367 e. The fraction of sp³-hybridized carbons (Fsp3) is 0.333. The molecule has 0 radical (unpaired) electrons. The van der Waals surface area contributed by atoms with Gasteiger partial charge in [-0.25, -0.2) is 4.98 Å². The van der Waals surface area contributed by atoms with E-state index in [0.717, 1.165) is 42.4 Å². The summed E-state index contributed by atoms with van der Waals surface area (Å²) in [7, 11) is 0. The Morgan fingerprint density at radius 1 is 1.19 bits per heavy atom. The van der Waals surface area contributed by atoms with E-state index >= 15 is 0 Å². The maximum atomic E-state index is 5.97. The molecule has 4 rings (SSSR count). The SMILES string of the molecule is Cc1ccc(-c2cn3c(n2)COC(CNCc2ncccc2C)C3)cc1. The van der Waals surface area contributed by atoms with E-state index in [1.165, 1.54) is 11.1 Å². The number of rotatable bonds is 5. The zero-order valence-corrected chi connectivity index (χ0v) is 15.3. The molecule has 134 valence electrons. The van der Waals surface area contributed by atoms with Gasteiger partial charge < -0.3 is 14.6 Å². The van der Waals surface area contributed by atoms with Gasteiger partial charge in [0.1, 0.15) is 12.4 Å². The number of aryl methyl sites for hydroxylation is 2. The van der Waals surface area contributed by atoms with Crippen LogP contribution < -0.4 is 5.32 Å². The highest BCUT2D eigenvalue weighted by Gasteiger charge is 2.21. The quantitative estimate of drug-likeness (QED) is 0.769. The summed E-state index contributed by atoms with van der Waals surface area (Å²) in [5.74, 6) is 0.998. The summed E-state index contributed by atoms with van der Waals surface area (Å²) in [6.45, 7) is 7.13. The van der Waals surface area contributed by atoms with Crippen LogP contribution in [0, 0.1) is 13.8 Å². The summed E-state index contributed by atoms with van der Waals surface area (Å²) in [5.41, 5.74) is 5.73. The summed E-state index contributed by atoms with van der Waals surface area (Å²) in [6, 6.07) is 12.5. The van der Waals surface area contributed by atoms with Crippen LogP contribution in [-0.4, -0.2) is 27.2 Å². The molecule has 0 fully saturated rings. The second kappa shape index (κ2) is 7.40. The van der Waals surface area contributed by atoms with E-state index < -0.39 is 0 Å². The first-order valence-corrected chi connectivity index (χ1v) is 9.05. The lowest BCUT2D eigenvalue weighted by Crippen LogP contribution is -2.36. The Kier molecular flexibility index (Phi) is 4.82. The average Bonchev–Trinajstić information content (AvgIpc) is 3.07. The molecule has 5 heteroatoms. The summed E-state index contributed by atoms with van der Waals surface area (Å²) in [4.78, 5) is 9.15. The topological polar surface area (TPSA) is 52.0 Å². The van der Waals surface area contributed by atoms with Gasteiger partial charge in [0.2, 0.25) is 0 Å². The van der Waals surface area contributed by atoms with Crippen molar-refractivity contribution in [1.29, 1.82) is 0 Å². The van der Waals surface area contributed by atoms with Crippen molar-refractivity contribution in [2.45, 2.75) is 39.6 Å². The monoisotopic (exact) mass is 348 g/mol. The molecule has 5 nitrogen and oxygen atoms in total. The van der Waals surface area contributed by atoms with Gasteiger partial charge in [0, 0.05) is 31.0 Å². The van der Waals surface area contributed by atoms with Gasteiger partial charge in [0.05, 0.1) is 24.0 Å². The van der Waals surface area contributed by atoms with Gasteiger partial charge in [0.25, 0.3) is 0 Å². The van der Waals surface area contributed by atoms with Crippen molar-refractivity contribution in [2.75, 3.05) is 6.54 Å². The molecule has 0 spiro atoms. The van der Waals surface area contributed by atoms with Crippen LogP contribution in [0.5, 0.6) is 0 Å². The van der Waals surface area contributed by atoms with Crippen LogP contribution in [0.4, 0.5) is 0 Å². The van der Waals surface area contributed by atoms with E-state index in [1.807, 2.05) is 12.3 Å². The van der Waals surface area contributed by atoms with Crippen LogP contribution in [0.1, 0.15) is 22.6 Å². The first-order chi connectivity index (χ1) is 12.7. The Labute approximate surface area is 154 Å². The summed E-state index contributed by atoms with van der Waals surface area (Å²) in [6.07, 6.45) is 4.12. The first kappa shape index (κ1) is 16.9. The Bertz CT molecular complexity index is 885. The Hall–Kier alpha value is -2.50. The van der Waals surface area contributed by atoms with E-state index in [2.05, 4.69) is 65.2 Å². The third-order valence-corrected chi connectivity index (χ3v) is 4.84. The second-order valence-corrected chi connectivity index (χ2v) is 6.89. The number of nitrogens with one attached hydrogen (secondary N) is 1. The molecule has 2 aromatic heterocycles. The molecule has 3 heterocycles. The number of imidazole rings is 1. The molecule has 26 heavy (non-hydrogen) atoms. The number of hydrogen-bond acceptors (Lipinski definition) is 4. The van der Waals surface area contributed by atoms with Crippen molar-refractivity contribution >= 4 is 0 Å². The van der Waals surface area contributed by atoms with Crippen LogP contribution in [0.25, 0.3) is 11.3 Å². The van der Waals surface area contributed by atoms with E-state index in [4.69, 9.17) is 9.72 Å². The third kappa shape index (κ3) is 3.69. The lowest BCUT2D eigenvalue weighted by atomic mass is 10.1. The van der Waals surface area contributed by atoms with Crippen LogP contribution in [0.3, 0.4) is 0 Å². The fourth-order valence-electron chi connectivity index (χ4n) is 3.23. The highest BCUT2D eigenvalue weighted by Crippen LogP contribution is 2.22. The molecule has 0 saturated carbocycles. The van der Waals surface area contributed by atoms with Gasteiger partial charge in [-0.2, -0.15) is 0 Å². The standard InChI is InChI=1S/C21H24N4O/c1-15-5-7-17(8-6-15)20-13-25-12-18(26-14-21(25)24-20)10-22-11-19-16(2)4-3-9-23-19/h3-9,13,18,22H,10-12,14H2,1-2H3. The Morgan fingerprint density at radius 2 is 2.04 bits per heavy atom. The molecule has 1 aliphatic heterocycles. The number of aromatic nitrogens is 3. The lowest BCUT2D eigenvalue weighted by Gasteiger charge is -2.24. The fourth-order valence-corrected chi connectivity index (χ4v) is 3.23. The van der Waals surface area contributed by atoms with Crippen molar-refractivity contribution in [1.82, 2.24) is 19.9 Å². The lowest BCUT2D eigenvalue weighted by molar-refractivity contribution is 0.00274. The Morgan fingerprint density at radius 3 is 2.85 bits per heavy atom. The van der Waals surface area contributed by atoms with E-state index in [0.29, 0.717) is 6.61 Å². The summed E-state index contributed by atoms with van der Waals surface area (Å²) >= 11 is 0. The molecule has 1 unspecified atom stereocenters. The Balaban J connectivity index is 1.37. The molecule has 1 aliphatic rings. The number of ether oxygens (including phenoxy) is 1. The van der Waals surface area contributed by atoms with Crippen LogP contribution >= 0.6 is 0 Å². The number of nitrogens with zero attached hydrogens (tertiary/aromatic N) is 3. The van der Waals surface area contributed by atoms with Crippen molar-refractivity contribution < 1.29 is 4.74 Å². The van der Waals surface area contributed by atoms with E-state index in [9.17, 15) is 0 Å². The zero-order chi connectivity index (χ0) is 17.9. The summed E-state index contributed by atoms with van der Waals surface area (Å²) < 4.78 is 8.19. The molecule has 0 saturated heterocycles. The maximum absolute atomic E-state index is 5.97. The second-order valence-electron chi connectivity index (χ2n) is 6.89. The van der Waals surface area contributed by atoms with Gasteiger partial charge in [-0.05, 0) is 25.5 Å². The molecular weight excluding hydrogens is 324 g/mol. The van der Waals surface area contributed by atoms with Gasteiger partial charge in [-0.3, -0.25) is 4.98 Å².